The fourth-order valence-corrected chi connectivity index (χ4v) is 4.66. The van der Waals surface area contributed by atoms with Gasteiger partial charge in [-0.2, -0.15) is 15.1 Å². The molecule has 1 amide bonds. The number of carbonyl (C=O) groups excluding carboxylic acids is 1. The number of methoxy groups -OCH3 is 1. The molecule has 0 unspecified atom stereocenters. The maximum absolute atomic E-state index is 11.5. The number of carbonyl (C=O) groups is 1. The van der Waals surface area contributed by atoms with Crippen LogP contribution in [-0.2, 0) is 4.79 Å². The molecule has 4 heterocycles. The van der Waals surface area contributed by atoms with Gasteiger partial charge in [0.2, 0.25) is 17.7 Å². The van der Waals surface area contributed by atoms with E-state index in [2.05, 4.69) is 38.7 Å². The van der Waals surface area contributed by atoms with Gasteiger partial charge in [-0.3, -0.25) is 4.79 Å². The summed E-state index contributed by atoms with van der Waals surface area (Å²) in [5.74, 6) is 1.09. The first kappa shape index (κ1) is 20.3. The molecular weight excluding hydrogens is 406 g/mol. The Hall–Kier alpha value is -3.62. The van der Waals surface area contributed by atoms with Crippen molar-refractivity contribution in [2.45, 2.75) is 51.1 Å². The summed E-state index contributed by atoms with van der Waals surface area (Å²) in [7, 11) is 1.63. The van der Waals surface area contributed by atoms with Crippen LogP contribution in [0.4, 0.5) is 5.95 Å². The van der Waals surface area contributed by atoms with Gasteiger partial charge in [-0.25, -0.2) is 4.52 Å². The van der Waals surface area contributed by atoms with Gasteiger partial charge in [0.15, 0.2) is 0 Å². The maximum atomic E-state index is 11.5. The van der Waals surface area contributed by atoms with Crippen LogP contribution in [0.3, 0.4) is 0 Å². The standard InChI is InChI=1S/C23H27N7O2/c1-14(31)29-23(2)8-4-16(5-9-23)26-22-27-20-19(21(28-22)32-3)18(13-24-20)15-7-11-30-17(12-15)6-10-25-30/h6-7,10-13,16H,4-5,8-9H2,1-3H3,(H,29,31)(H2,24,26,27,28)/t16-,23-. The van der Waals surface area contributed by atoms with Crippen molar-refractivity contribution in [3.8, 4) is 17.0 Å². The van der Waals surface area contributed by atoms with Crippen molar-refractivity contribution in [3.05, 3.63) is 36.8 Å². The van der Waals surface area contributed by atoms with E-state index in [0.717, 1.165) is 53.4 Å². The minimum Gasteiger partial charge on any atom is -0.480 e. The highest BCUT2D eigenvalue weighted by Gasteiger charge is 2.32. The van der Waals surface area contributed by atoms with Crippen LogP contribution in [0.2, 0.25) is 0 Å². The van der Waals surface area contributed by atoms with E-state index in [-0.39, 0.29) is 17.5 Å². The van der Waals surface area contributed by atoms with E-state index in [1.54, 1.807) is 20.2 Å². The Morgan fingerprint density at radius 2 is 2.09 bits per heavy atom. The van der Waals surface area contributed by atoms with Gasteiger partial charge in [-0.05, 0) is 56.4 Å². The molecule has 3 N–H and O–H groups in total. The average Bonchev–Trinajstić information content (AvgIpc) is 3.40. The lowest BCUT2D eigenvalue weighted by molar-refractivity contribution is -0.121. The van der Waals surface area contributed by atoms with Crippen molar-refractivity contribution in [3.63, 3.8) is 0 Å². The highest BCUT2D eigenvalue weighted by Crippen LogP contribution is 2.35. The van der Waals surface area contributed by atoms with E-state index in [9.17, 15) is 4.79 Å². The molecule has 1 saturated carbocycles. The molecule has 1 fully saturated rings. The lowest BCUT2D eigenvalue weighted by Crippen LogP contribution is -2.49. The van der Waals surface area contributed by atoms with Gasteiger partial charge < -0.3 is 20.4 Å². The van der Waals surface area contributed by atoms with Gasteiger partial charge in [-0.1, -0.05) is 0 Å². The second-order valence-corrected chi connectivity index (χ2v) is 8.76. The number of aromatic amines is 1. The summed E-state index contributed by atoms with van der Waals surface area (Å²) in [6.07, 6.45) is 9.34. The van der Waals surface area contributed by atoms with Gasteiger partial charge in [-0.15, -0.1) is 0 Å². The van der Waals surface area contributed by atoms with Crippen molar-refractivity contribution in [2.24, 2.45) is 0 Å². The number of anilines is 1. The van der Waals surface area contributed by atoms with E-state index in [4.69, 9.17) is 9.72 Å². The lowest BCUT2D eigenvalue weighted by atomic mass is 9.81. The second kappa shape index (κ2) is 7.81. The second-order valence-electron chi connectivity index (χ2n) is 8.76. The van der Waals surface area contributed by atoms with Crippen molar-refractivity contribution in [1.82, 2.24) is 29.9 Å². The molecule has 0 saturated heterocycles. The van der Waals surface area contributed by atoms with Gasteiger partial charge >= 0.3 is 0 Å². The molecule has 0 radical (unpaired) electrons. The smallest absolute Gasteiger partial charge is 0.228 e. The summed E-state index contributed by atoms with van der Waals surface area (Å²) in [6.45, 7) is 3.68. The molecule has 5 rings (SSSR count). The number of H-pyrrole nitrogens is 1. The van der Waals surface area contributed by atoms with Crippen LogP contribution in [0, 0.1) is 0 Å². The van der Waals surface area contributed by atoms with Crippen LogP contribution in [0.1, 0.15) is 39.5 Å². The predicted octanol–water partition coefficient (Wildman–Crippen LogP) is 3.53. The molecule has 0 atom stereocenters. The Bertz CT molecular complexity index is 1280. The van der Waals surface area contributed by atoms with Gasteiger partial charge in [0.05, 0.1) is 18.0 Å². The number of pyridine rings is 1. The Morgan fingerprint density at radius 3 is 2.84 bits per heavy atom. The monoisotopic (exact) mass is 433 g/mol. The zero-order valence-corrected chi connectivity index (χ0v) is 18.5. The molecule has 0 bridgehead atoms. The zero-order chi connectivity index (χ0) is 22.3. The van der Waals surface area contributed by atoms with Gasteiger partial charge in [0.1, 0.15) is 5.65 Å². The van der Waals surface area contributed by atoms with Gasteiger partial charge in [0, 0.05) is 42.7 Å². The van der Waals surface area contributed by atoms with E-state index >= 15 is 0 Å². The van der Waals surface area contributed by atoms with Crippen LogP contribution in [0.25, 0.3) is 27.7 Å². The third kappa shape index (κ3) is 3.74. The number of hydrogen-bond acceptors (Lipinski definition) is 6. The Labute approximate surface area is 185 Å². The van der Waals surface area contributed by atoms with E-state index in [0.29, 0.717) is 11.8 Å². The third-order valence-corrected chi connectivity index (χ3v) is 6.30. The third-order valence-electron chi connectivity index (χ3n) is 6.30. The minimum atomic E-state index is -0.141. The first-order chi connectivity index (χ1) is 15.4. The van der Waals surface area contributed by atoms with E-state index in [1.165, 1.54) is 0 Å². The molecule has 4 aromatic heterocycles. The maximum Gasteiger partial charge on any atom is 0.228 e. The van der Waals surface area contributed by atoms with Crippen LogP contribution >= 0.6 is 0 Å². The zero-order valence-electron chi connectivity index (χ0n) is 18.5. The van der Waals surface area contributed by atoms with Gasteiger partial charge in [0.25, 0.3) is 0 Å². The molecular formula is C23H27N7O2. The molecule has 0 spiro atoms. The topological polar surface area (TPSA) is 109 Å². The normalized spacial score (nSPS) is 21.0. The lowest BCUT2D eigenvalue weighted by Gasteiger charge is -2.38. The van der Waals surface area contributed by atoms with Crippen LogP contribution in [0.15, 0.2) is 36.8 Å². The Kier molecular flexibility index (Phi) is 4.96. The molecule has 32 heavy (non-hydrogen) atoms. The quantitative estimate of drug-likeness (QED) is 0.444. The fraction of sp³-hybridized carbons (Fsp3) is 0.391. The largest absolute Gasteiger partial charge is 0.480 e. The molecule has 166 valence electrons. The highest BCUT2D eigenvalue weighted by molar-refractivity contribution is 5.98. The first-order valence-corrected chi connectivity index (χ1v) is 10.9. The number of fused-ring (bicyclic) bond motifs is 2. The number of nitrogens with one attached hydrogen (secondary N) is 3. The summed E-state index contributed by atoms with van der Waals surface area (Å²) in [5, 5.41) is 11.7. The molecule has 9 nitrogen and oxygen atoms in total. The number of nitrogens with zero attached hydrogens (tertiary/aromatic N) is 4. The SMILES string of the molecule is COc1nc(N[C@H]2CC[C@](C)(NC(C)=O)CC2)nc2[nH]cc(-c3ccn4nccc4c3)c12. The van der Waals surface area contributed by atoms with Crippen LogP contribution < -0.4 is 15.4 Å². The predicted molar refractivity (Wildman–Crippen MR) is 123 cm³/mol. The fourth-order valence-electron chi connectivity index (χ4n) is 4.66. The molecule has 9 heteroatoms. The van der Waals surface area contributed by atoms with E-state index in [1.807, 2.05) is 29.0 Å². The molecule has 0 aliphatic heterocycles. The Balaban J connectivity index is 1.40. The molecule has 0 aromatic carbocycles. The van der Waals surface area contributed by atoms with Crippen LogP contribution in [0.5, 0.6) is 5.88 Å². The molecule has 4 aromatic rings. The molecule has 1 aliphatic rings. The molecule has 1 aliphatic carbocycles. The highest BCUT2D eigenvalue weighted by atomic mass is 16.5. The minimum absolute atomic E-state index is 0.0207. The summed E-state index contributed by atoms with van der Waals surface area (Å²) in [6, 6.07) is 6.31. The van der Waals surface area contributed by atoms with Crippen molar-refractivity contribution in [2.75, 3.05) is 12.4 Å². The number of rotatable bonds is 5. The van der Waals surface area contributed by atoms with Crippen molar-refractivity contribution < 1.29 is 9.53 Å². The Morgan fingerprint density at radius 1 is 1.28 bits per heavy atom. The van der Waals surface area contributed by atoms with Crippen molar-refractivity contribution >= 4 is 28.4 Å². The average molecular weight is 434 g/mol. The van der Waals surface area contributed by atoms with Crippen LogP contribution in [-0.4, -0.2) is 49.2 Å². The van der Waals surface area contributed by atoms with E-state index < -0.39 is 0 Å². The number of ether oxygens (including phenoxy) is 1. The number of aromatic nitrogens is 5. The summed E-state index contributed by atoms with van der Waals surface area (Å²) in [5.41, 5.74) is 3.62. The summed E-state index contributed by atoms with van der Waals surface area (Å²) >= 11 is 0. The number of hydrogen-bond donors (Lipinski definition) is 3. The number of amides is 1. The first-order valence-electron chi connectivity index (χ1n) is 10.9. The summed E-state index contributed by atoms with van der Waals surface area (Å²) in [4.78, 5) is 24.1. The summed E-state index contributed by atoms with van der Waals surface area (Å²) < 4.78 is 7.48. The van der Waals surface area contributed by atoms with Crippen molar-refractivity contribution in [1.29, 1.82) is 0 Å².